The number of carbonyl (C=O) groups is 3. The minimum absolute atomic E-state index is 0.0891. The third-order valence-electron chi connectivity index (χ3n) is 4.75. The monoisotopic (exact) mass is 453 g/mol. The standard InChI is InChI=1S/C23H17F2N3O3S/c24-23(25)32-17-11-7-14(8-12-17)21(30)26-16-9-5-15(6-10-16)22(31)28-13-20(29)27-18-3-1-2-4-19(18)28/h1-12,23H,13H2,(H,26,30)(H,27,29). The van der Waals surface area contributed by atoms with Crippen LogP contribution >= 0.6 is 11.8 Å². The third kappa shape index (κ3) is 4.78. The molecule has 1 aliphatic heterocycles. The maximum atomic E-state index is 13.0. The number of benzene rings is 3. The summed E-state index contributed by atoms with van der Waals surface area (Å²) in [6.45, 7) is -0.0891. The largest absolute Gasteiger partial charge is 0.323 e. The molecule has 0 spiro atoms. The van der Waals surface area contributed by atoms with E-state index in [9.17, 15) is 23.2 Å². The fourth-order valence-electron chi connectivity index (χ4n) is 3.26. The number of rotatable bonds is 5. The number of para-hydroxylation sites is 2. The maximum absolute atomic E-state index is 13.0. The van der Waals surface area contributed by atoms with E-state index < -0.39 is 11.7 Å². The first-order chi connectivity index (χ1) is 15.4. The molecule has 0 unspecified atom stereocenters. The number of fused-ring (bicyclic) bond motifs is 1. The molecule has 3 aromatic rings. The summed E-state index contributed by atoms with van der Waals surface area (Å²) in [5.74, 6) is -3.54. The van der Waals surface area contributed by atoms with Gasteiger partial charge in [0.05, 0.1) is 11.4 Å². The van der Waals surface area contributed by atoms with Crippen molar-refractivity contribution < 1.29 is 23.2 Å². The number of thioether (sulfide) groups is 1. The number of halogens is 2. The minimum atomic E-state index is -2.52. The van der Waals surface area contributed by atoms with Gasteiger partial charge in [-0.25, -0.2) is 0 Å². The van der Waals surface area contributed by atoms with Crippen LogP contribution in [0.5, 0.6) is 0 Å². The summed E-state index contributed by atoms with van der Waals surface area (Å²) in [6, 6.07) is 19.2. The molecule has 3 amide bonds. The van der Waals surface area contributed by atoms with E-state index in [-0.39, 0.29) is 18.4 Å². The summed E-state index contributed by atoms with van der Waals surface area (Å²) >= 11 is 0.409. The molecule has 2 N–H and O–H groups in total. The Labute approximate surface area is 186 Å². The van der Waals surface area contributed by atoms with Crippen LogP contribution in [0, 0.1) is 0 Å². The molecular weight excluding hydrogens is 436 g/mol. The third-order valence-corrected chi connectivity index (χ3v) is 5.47. The smallest absolute Gasteiger partial charge is 0.288 e. The molecule has 0 aliphatic carbocycles. The van der Waals surface area contributed by atoms with Gasteiger partial charge in [-0.2, -0.15) is 8.78 Å². The minimum Gasteiger partial charge on any atom is -0.323 e. The normalized spacial score (nSPS) is 12.8. The summed E-state index contributed by atoms with van der Waals surface area (Å²) in [5, 5.41) is 5.44. The first kappa shape index (κ1) is 21.5. The van der Waals surface area contributed by atoms with Gasteiger partial charge in [-0.15, -0.1) is 0 Å². The van der Waals surface area contributed by atoms with Crippen molar-refractivity contribution in [2.24, 2.45) is 0 Å². The molecule has 0 fully saturated rings. The van der Waals surface area contributed by atoms with E-state index in [1.54, 1.807) is 48.5 Å². The number of carbonyl (C=O) groups excluding carboxylic acids is 3. The molecule has 0 saturated heterocycles. The lowest BCUT2D eigenvalue weighted by Gasteiger charge is -2.29. The Morgan fingerprint density at radius 2 is 1.59 bits per heavy atom. The maximum Gasteiger partial charge on any atom is 0.288 e. The quantitative estimate of drug-likeness (QED) is 0.542. The topological polar surface area (TPSA) is 78.5 Å². The van der Waals surface area contributed by atoms with E-state index in [0.717, 1.165) is 0 Å². The summed E-state index contributed by atoms with van der Waals surface area (Å²) in [4.78, 5) is 39.1. The second kappa shape index (κ2) is 9.19. The first-order valence-corrected chi connectivity index (χ1v) is 10.5. The Morgan fingerprint density at radius 3 is 2.28 bits per heavy atom. The molecule has 1 heterocycles. The molecule has 162 valence electrons. The predicted octanol–water partition coefficient (Wildman–Crippen LogP) is 4.85. The molecule has 0 radical (unpaired) electrons. The van der Waals surface area contributed by atoms with Gasteiger partial charge in [0.2, 0.25) is 5.91 Å². The lowest BCUT2D eigenvalue weighted by Crippen LogP contribution is -2.42. The van der Waals surface area contributed by atoms with Gasteiger partial charge < -0.3 is 10.6 Å². The van der Waals surface area contributed by atoms with Crippen molar-refractivity contribution in [2.75, 3.05) is 22.1 Å². The molecule has 3 aromatic carbocycles. The fourth-order valence-corrected chi connectivity index (χ4v) is 3.76. The lowest BCUT2D eigenvalue weighted by atomic mass is 10.1. The number of anilines is 3. The highest BCUT2D eigenvalue weighted by molar-refractivity contribution is 7.99. The van der Waals surface area contributed by atoms with Gasteiger partial charge in [0, 0.05) is 21.7 Å². The zero-order valence-electron chi connectivity index (χ0n) is 16.5. The summed E-state index contributed by atoms with van der Waals surface area (Å²) in [7, 11) is 0. The van der Waals surface area contributed by atoms with Crippen molar-refractivity contribution in [3.63, 3.8) is 0 Å². The van der Waals surface area contributed by atoms with Gasteiger partial charge in [0.25, 0.3) is 17.6 Å². The van der Waals surface area contributed by atoms with Crippen LogP contribution in [0.25, 0.3) is 0 Å². The van der Waals surface area contributed by atoms with Crippen LogP contribution in [0.2, 0.25) is 0 Å². The van der Waals surface area contributed by atoms with Gasteiger partial charge in [-0.05, 0) is 60.7 Å². The second-order valence-electron chi connectivity index (χ2n) is 6.89. The molecule has 0 bridgehead atoms. The highest BCUT2D eigenvalue weighted by Crippen LogP contribution is 2.30. The average Bonchev–Trinajstić information content (AvgIpc) is 2.78. The molecule has 9 heteroatoms. The van der Waals surface area contributed by atoms with E-state index >= 15 is 0 Å². The van der Waals surface area contributed by atoms with Gasteiger partial charge >= 0.3 is 0 Å². The molecule has 32 heavy (non-hydrogen) atoms. The molecule has 0 atom stereocenters. The Morgan fingerprint density at radius 1 is 0.938 bits per heavy atom. The highest BCUT2D eigenvalue weighted by atomic mass is 32.2. The fraction of sp³-hybridized carbons (Fsp3) is 0.0870. The van der Waals surface area contributed by atoms with Gasteiger partial charge in [0.15, 0.2) is 0 Å². The number of amides is 3. The SMILES string of the molecule is O=C1CN(C(=O)c2ccc(NC(=O)c3ccc(SC(F)F)cc3)cc2)c2ccccc2N1. The van der Waals surface area contributed by atoms with Crippen molar-refractivity contribution in [2.45, 2.75) is 10.7 Å². The number of nitrogens with one attached hydrogen (secondary N) is 2. The summed E-state index contributed by atoms with van der Waals surface area (Å²) < 4.78 is 24.8. The Bertz CT molecular complexity index is 1170. The zero-order chi connectivity index (χ0) is 22.7. The highest BCUT2D eigenvalue weighted by Gasteiger charge is 2.27. The van der Waals surface area contributed by atoms with Crippen LogP contribution < -0.4 is 15.5 Å². The van der Waals surface area contributed by atoms with Crippen molar-refractivity contribution in [3.8, 4) is 0 Å². The van der Waals surface area contributed by atoms with Crippen LogP contribution in [0.3, 0.4) is 0 Å². The molecule has 0 saturated carbocycles. The van der Waals surface area contributed by atoms with Crippen molar-refractivity contribution in [3.05, 3.63) is 83.9 Å². The van der Waals surface area contributed by atoms with Crippen LogP contribution in [0.1, 0.15) is 20.7 Å². The molecular formula is C23H17F2N3O3S. The number of hydrogen-bond donors (Lipinski definition) is 2. The van der Waals surface area contributed by atoms with E-state index in [1.807, 2.05) is 0 Å². The van der Waals surface area contributed by atoms with Gasteiger partial charge in [-0.1, -0.05) is 23.9 Å². The van der Waals surface area contributed by atoms with E-state index in [1.165, 1.54) is 29.2 Å². The number of nitrogens with zero attached hydrogens (tertiary/aromatic N) is 1. The Balaban J connectivity index is 1.45. The van der Waals surface area contributed by atoms with E-state index in [0.29, 0.717) is 44.8 Å². The van der Waals surface area contributed by atoms with Crippen LogP contribution in [-0.2, 0) is 4.79 Å². The summed E-state index contributed by atoms with van der Waals surface area (Å²) in [5.41, 5.74) is 2.33. The number of hydrogen-bond acceptors (Lipinski definition) is 4. The summed E-state index contributed by atoms with van der Waals surface area (Å²) in [6.07, 6.45) is 0. The van der Waals surface area contributed by atoms with Crippen molar-refractivity contribution in [1.29, 1.82) is 0 Å². The molecule has 0 aromatic heterocycles. The number of alkyl halides is 2. The Kier molecular flexibility index (Phi) is 6.18. The van der Waals surface area contributed by atoms with Crippen LogP contribution in [0.4, 0.5) is 25.8 Å². The van der Waals surface area contributed by atoms with Crippen LogP contribution in [-0.4, -0.2) is 30.0 Å². The molecule has 1 aliphatic rings. The van der Waals surface area contributed by atoms with Crippen molar-refractivity contribution >= 4 is 46.5 Å². The first-order valence-electron chi connectivity index (χ1n) is 9.58. The van der Waals surface area contributed by atoms with E-state index in [2.05, 4.69) is 10.6 Å². The molecule has 6 nitrogen and oxygen atoms in total. The van der Waals surface area contributed by atoms with Crippen molar-refractivity contribution in [1.82, 2.24) is 0 Å². The predicted molar refractivity (Wildman–Crippen MR) is 119 cm³/mol. The van der Waals surface area contributed by atoms with Crippen LogP contribution in [0.15, 0.2) is 77.7 Å². The zero-order valence-corrected chi connectivity index (χ0v) is 17.4. The van der Waals surface area contributed by atoms with E-state index in [4.69, 9.17) is 0 Å². The second-order valence-corrected chi connectivity index (χ2v) is 7.95. The molecule has 4 rings (SSSR count). The van der Waals surface area contributed by atoms with Gasteiger partial charge in [0.1, 0.15) is 6.54 Å². The van der Waals surface area contributed by atoms with Gasteiger partial charge in [-0.3, -0.25) is 19.3 Å². The Hall–Kier alpha value is -3.72. The average molecular weight is 453 g/mol. The lowest BCUT2D eigenvalue weighted by molar-refractivity contribution is -0.115.